The molecule has 0 radical (unpaired) electrons. The quantitative estimate of drug-likeness (QED) is 0.583. The van der Waals surface area contributed by atoms with Gasteiger partial charge in [0.2, 0.25) is 0 Å². The predicted molar refractivity (Wildman–Crippen MR) is 57.6 cm³/mol. The average molecular weight is 201 g/mol. The fourth-order valence-corrected chi connectivity index (χ4v) is 1.88. The van der Waals surface area contributed by atoms with Crippen LogP contribution in [-0.4, -0.2) is 51.5 Å². The van der Waals surface area contributed by atoms with Gasteiger partial charge in [-0.3, -0.25) is 0 Å². The summed E-state index contributed by atoms with van der Waals surface area (Å²) in [5, 5.41) is 0. The fourth-order valence-electron chi connectivity index (χ4n) is 1.88. The normalized spacial score (nSPS) is 26.6. The number of nitrogens with zero attached hydrogens (tertiary/aromatic N) is 1. The Kier molecular flexibility index (Phi) is 5.45. The maximum absolute atomic E-state index is 5.26. The van der Waals surface area contributed by atoms with E-state index >= 15 is 0 Å². The largest absolute Gasteiger partial charge is 0.385 e. The van der Waals surface area contributed by atoms with Crippen molar-refractivity contribution in [3.05, 3.63) is 0 Å². The summed E-state index contributed by atoms with van der Waals surface area (Å²) in [5.74, 6) is 0. The van der Waals surface area contributed by atoms with Gasteiger partial charge in [0.1, 0.15) is 0 Å². The third kappa shape index (κ3) is 3.56. The molecule has 0 aliphatic heterocycles. The van der Waals surface area contributed by atoms with Crippen molar-refractivity contribution in [2.24, 2.45) is 0 Å². The van der Waals surface area contributed by atoms with E-state index < -0.39 is 0 Å². The third-order valence-corrected chi connectivity index (χ3v) is 3.14. The van der Waals surface area contributed by atoms with Crippen LogP contribution in [0.5, 0.6) is 0 Å². The zero-order valence-corrected chi connectivity index (χ0v) is 9.66. The molecule has 0 aromatic rings. The molecule has 0 N–H and O–H groups in total. The zero-order chi connectivity index (χ0) is 10.4. The summed E-state index contributed by atoms with van der Waals surface area (Å²) < 4.78 is 10.3. The first-order valence-corrected chi connectivity index (χ1v) is 5.50. The molecule has 1 fully saturated rings. The Hall–Kier alpha value is -0.120. The van der Waals surface area contributed by atoms with Crippen molar-refractivity contribution in [2.45, 2.75) is 37.8 Å². The number of unbranched alkanes of at least 4 members (excludes halogenated alkanes) is 1. The highest BCUT2D eigenvalue weighted by Crippen LogP contribution is 2.26. The van der Waals surface area contributed by atoms with Gasteiger partial charge in [0.05, 0.1) is 6.10 Å². The lowest BCUT2D eigenvalue weighted by Crippen LogP contribution is -2.46. The Morgan fingerprint density at radius 2 is 1.93 bits per heavy atom. The Labute approximate surface area is 87.4 Å². The number of hydrogen-bond donors (Lipinski definition) is 0. The van der Waals surface area contributed by atoms with Crippen molar-refractivity contribution in [1.29, 1.82) is 0 Å². The molecule has 1 rings (SSSR count). The highest BCUT2D eigenvalue weighted by Gasteiger charge is 2.31. The van der Waals surface area contributed by atoms with Gasteiger partial charge in [-0.25, -0.2) is 0 Å². The molecule has 14 heavy (non-hydrogen) atoms. The lowest BCUT2D eigenvalue weighted by molar-refractivity contribution is -0.0199. The van der Waals surface area contributed by atoms with Crippen LogP contribution < -0.4 is 0 Å². The van der Waals surface area contributed by atoms with Gasteiger partial charge in [0.25, 0.3) is 0 Å². The van der Waals surface area contributed by atoms with Gasteiger partial charge < -0.3 is 14.4 Å². The standard InChI is InChI=1S/C11H23NO2/c1-12(6-4-5-7-13-2)10-8-11(9-10)14-3/h10-11H,4-9H2,1-3H3/t10-,11-. The molecule has 0 bridgehead atoms. The van der Waals surface area contributed by atoms with E-state index in [1.807, 2.05) is 0 Å². The molecule has 0 spiro atoms. The molecule has 0 amide bonds. The van der Waals surface area contributed by atoms with E-state index in [4.69, 9.17) is 9.47 Å². The van der Waals surface area contributed by atoms with Gasteiger partial charge in [0, 0.05) is 26.9 Å². The van der Waals surface area contributed by atoms with Crippen LogP contribution in [0.25, 0.3) is 0 Å². The second kappa shape index (κ2) is 6.38. The summed E-state index contributed by atoms with van der Waals surface area (Å²) in [7, 11) is 5.78. The lowest BCUT2D eigenvalue weighted by Gasteiger charge is -2.40. The van der Waals surface area contributed by atoms with Gasteiger partial charge in [-0.05, 0) is 39.3 Å². The van der Waals surface area contributed by atoms with Gasteiger partial charge in [-0.15, -0.1) is 0 Å². The van der Waals surface area contributed by atoms with Crippen molar-refractivity contribution in [3.8, 4) is 0 Å². The molecule has 1 aliphatic carbocycles. The highest BCUT2D eigenvalue weighted by molar-refractivity contribution is 4.86. The second-order valence-electron chi connectivity index (χ2n) is 4.16. The van der Waals surface area contributed by atoms with E-state index in [2.05, 4.69) is 11.9 Å². The first-order chi connectivity index (χ1) is 6.77. The zero-order valence-electron chi connectivity index (χ0n) is 9.66. The summed E-state index contributed by atoms with van der Waals surface area (Å²) in [6.45, 7) is 2.07. The summed E-state index contributed by atoms with van der Waals surface area (Å²) in [5.41, 5.74) is 0. The number of hydrogen-bond acceptors (Lipinski definition) is 3. The van der Waals surface area contributed by atoms with Gasteiger partial charge in [0.15, 0.2) is 0 Å². The smallest absolute Gasteiger partial charge is 0.0601 e. The van der Waals surface area contributed by atoms with Crippen molar-refractivity contribution in [3.63, 3.8) is 0 Å². The molecule has 1 saturated carbocycles. The monoisotopic (exact) mass is 201 g/mol. The SMILES string of the molecule is COCCCCN(C)[C@H]1C[C@H](OC)C1. The summed E-state index contributed by atoms with van der Waals surface area (Å²) >= 11 is 0. The van der Waals surface area contributed by atoms with Gasteiger partial charge in [-0.1, -0.05) is 0 Å². The van der Waals surface area contributed by atoms with E-state index in [9.17, 15) is 0 Å². The van der Waals surface area contributed by atoms with Crippen LogP contribution >= 0.6 is 0 Å². The molecule has 84 valence electrons. The molecule has 0 heterocycles. The third-order valence-electron chi connectivity index (χ3n) is 3.14. The number of ether oxygens (including phenoxy) is 2. The van der Waals surface area contributed by atoms with Gasteiger partial charge in [-0.2, -0.15) is 0 Å². The Bertz CT molecular complexity index is 146. The maximum Gasteiger partial charge on any atom is 0.0601 e. The molecule has 3 nitrogen and oxygen atoms in total. The number of methoxy groups -OCH3 is 2. The van der Waals surface area contributed by atoms with Gasteiger partial charge >= 0.3 is 0 Å². The lowest BCUT2D eigenvalue weighted by atomic mass is 9.88. The van der Waals surface area contributed by atoms with Crippen molar-refractivity contribution in [2.75, 3.05) is 34.4 Å². The van der Waals surface area contributed by atoms with E-state index in [-0.39, 0.29) is 0 Å². The van der Waals surface area contributed by atoms with E-state index in [1.165, 1.54) is 32.2 Å². The molecule has 1 aliphatic rings. The van der Waals surface area contributed by atoms with E-state index in [0.29, 0.717) is 6.10 Å². The average Bonchev–Trinajstić information content (AvgIpc) is 2.11. The molecule has 0 atom stereocenters. The Morgan fingerprint density at radius 3 is 2.50 bits per heavy atom. The maximum atomic E-state index is 5.26. The fraction of sp³-hybridized carbons (Fsp3) is 1.00. The molecule has 0 aromatic carbocycles. The van der Waals surface area contributed by atoms with Crippen LogP contribution in [0.3, 0.4) is 0 Å². The Balaban J connectivity index is 1.97. The molecular weight excluding hydrogens is 178 g/mol. The first-order valence-electron chi connectivity index (χ1n) is 5.50. The Morgan fingerprint density at radius 1 is 1.21 bits per heavy atom. The minimum absolute atomic E-state index is 0.515. The van der Waals surface area contributed by atoms with Crippen LogP contribution in [0.15, 0.2) is 0 Å². The minimum Gasteiger partial charge on any atom is -0.385 e. The van der Waals surface area contributed by atoms with E-state index in [1.54, 1.807) is 14.2 Å². The predicted octanol–water partition coefficient (Wildman–Crippen LogP) is 1.52. The molecule has 0 aromatic heterocycles. The molecule has 0 unspecified atom stereocenters. The highest BCUT2D eigenvalue weighted by atomic mass is 16.5. The molecule has 0 saturated heterocycles. The van der Waals surface area contributed by atoms with Crippen LogP contribution in [0.4, 0.5) is 0 Å². The summed E-state index contributed by atoms with van der Waals surface area (Å²) in [6.07, 6.45) is 5.33. The van der Waals surface area contributed by atoms with Crippen molar-refractivity contribution in [1.82, 2.24) is 4.90 Å². The van der Waals surface area contributed by atoms with Crippen LogP contribution in [0.1, 0.15) is 25.7 Å². The molecular formula is C11H23NO2. The summed E-state index contributed by atoms with van der Waals surface area (Å²) in [4.78, 5) is 2.45. The van der Waals surface area contributed by atoms with E-state index in [0.717, 1.165) is 12.6 Å². The van der Waals surface area contributed by atoms with Crippen molar-refractivity contribution >= 4 is 0 Å². The second-order valence-corrected chi connectivity index (χ2v) is 4.16. The summed E-state index contributed by atoms with van der Waals surface area (Å²) in [6, 6.07) is 0.752. The van der Waals surface area contributed by atoms with Crippen molar-refractivity contribution < 1.29 is 9.47 Å². The topological polar surface area (TPSA) is 21.7 Å². The minimum atomic E-state index is 0.515. The van der Waals surface area contributed by atoms with Crippen LogP contribution in [-0.2, 0) is 9.47 Å². The first kappa shape index (κ1) is 12.0. The van der Waals surface area contributed by atoms with Crippen LogP contribution in [0, 0.1) is 0 Å². The number of rotatable bonds is 7. The van der Waals surface area contributed by atoms with Crippen LogP contribution in [0.2, 0.25) is 0 Å². The molecule has 3 heteroatoms.